The third-order valence-corrected chi connectivity index (χ3v) is 5.45. The standard InChI is InChI=1S/C25H27N3O8/c1-4-6-10-18-21(24(30)35-5-2)22(27-25(31)26-18)15-11-12-19(20(14-15)34-3)36-23(29)16-8-7-9-17(13-16)28(32)33/h7-9,11-14,22H,4-6,10H2,1-3H3,(H2,26,27,31). The normalized spacial score (nSPS) is 15.0. The van der Waals surface area contributed by atoms with E-state index in [1.54, 1.807) is 19.1 Å². The van der Waals surface area contributed by atoms with E-state index >= 15 is 0 Å². The molecule has 1 heterocycles. The van der Waals surface area contributed by atoms with Crippen LogP contribution in [0, 0.1) is 10.1 Å². The van der Waals surface area contributed by atoms with Crippen LogP contribution in [-0.2, 0) is 9.53 Å². The zero-order chi connectivity index (χ0) is 26.2. The largest absolute Gasteiger partial charge is 0.493 e. The molecule has 0 radical (unpaired) electrons. The lowest BCUT2D eigenvalue weighted by atomic mass is 9.93. The number of urea groups is 1. The number of esters is 2. The van der Waals surface area contributed by atoms with Crippen molar-refractivity contribution in [2.24, 2.45) is 0 Å². The number of non-ortho nitro benzene ring substituents is 1. The number of methoxy groups -OCH3 is 1. The molecule has 0 saturated carbocycles. The minimum absolute atomic E-state index is 0.00551. The van der Waals surface area contributed by atoms with Crippen LogP contribution >= 0.6 is 0 Å². The van der Waals surface area contributed by atoms with Crippen molar-refractivity contribution in [1.29, 1.82) is 0 Å². The van der Waals surface area contributed by atoms with Crippen LogP contribution in [0.2, 0.25) is 0 Å². The first kappa shape index (κ1) is 26.2. The minimum atomic E-state index is -0.819. The number of unbranched alkanes of at least 4 members (excludes halogenated alkanes) is 1. The van der Waals surface area contributed by atoms with Gasteiger partial charge in [-0.2, -0.15) is 0 Å². The first-order chi connectivity index (χ1) is 17.3. The Morgan fingerprint density at radius 3 is 2.53 bits per heavy atom. The highest BCUT2D eigenvalue weighted by Gasteiger charge is 2.34. The van der Waals surface area contributed by atoms with E-state index in [-0.39, 0.29) is 34.9 Å². The number of nitrogens with one attached hydrogen (secondary N) is 2. The van der Waals surface area contributed by atoms with E-state index in [0.717, 1.165) is 18.9 Å². The van der Waals surface area contributed by atoms with Crippen molar-refractivity contribution in [3.8, 4) is 11.5 Å². The number of allylic oxidation sites excluding steroid dienone is 1. The van der Waals surface area contributed by atoms with Gasteiger partial charge in [-0.3, -0.25) is 10.1 Å². The molecule has 0 aliphatic carbocycles. The third kappa shape index (κ3) is 5.98. The zero-order valence-electron chi connectivity index (χ0n) is 20.2. The molecule has 2 aromatic rings. The highest BCUT2D eigenvalue weighted by Crippen LogP contribution is 2.36. The Kier molecular flexibility index (Phi) is 8.61. The molecule has 0 bridgehead atoms. The van der Waals surface area contributed by atoms with Gasteiger partial charge in [0.15, 0.2) is 11.5 Å². The summed E-state index contributed by atoms with van der Waals surface area (Å²) in [6.07, 6.45) is 2.12. The number of amides is 2. The van der Waals surface area contributed by atoms with Crippen molar-refractivity contribution in [2.75, 3.05) is 13.7 Å². The van der Waals surface area contributed by atoms with Crippen LogP contribution in [0.25, 0.3) is 0 Å². The molecule has 36 heavy (non-hydrogen) atoms. The van der Waals surface area contributed by atoms with Gasteiger partial charge in [0, 0.05) is 17.8 Å². The summed E-state index contributed by atoms with van der Waals surface area (Å²) in [5.74, 6) is -1.14. The summed E-state index contributed by atoms with van der Waals surface area (Å²) < 4.78 is 16.1. The van der Waals surface area contributed by atoms with Gasteiger partial charge in [0.05, 0.1) is 35.8 Å². The van der Waals surface area contributed by atoms with Crippen LogP contribution in [0.4, 0.5) is 10.5 Å². The Bertz CT molecular complexity index is 1210. The van der Waals surface area contributed by atoms with Gasteiger partial charge < -0.3 is 24.8 Å². The van der Waals surface area contributed by atoms with E-state index in [1.165, 1.54) is 31.4 Å². The second-order valence-corrected chi connectivity index (χ2v) is 7.85. The zero-order valence-corrected chi connectivity index (χ0v) is 20.2. The average Bonchev–Trinajstić information content (AvgIpc) is 2.87. The molecule has 11 nitrogen and oxygen atoms in total. The average molecular weight is 498 g/mol. The number of hydrogen-bond donors (Lipinski definition) is 2. The summed E-state index contributed by atoms with van der Waals surface area (Å²) in [4.78, 5) is 48.2. The second kappa shape index (κ2) is 11.8. The van der Waals surface area contributed by atoms with E-state index in [4.69, 9.17) is 14.2 Å². The van der Waals surface area contributed by atoms with Crippen molar-refractivity contribution in [2.45, 2.75) is 39.2 Å². The molecule has 190 valence electrons. The molecule has 1 unspecified atom stereocenters. The van der Waals surface area contributed by atoms with Crippen LogP contribution in [-0.4, -0.2) is 36.6 Å². The molecule has 2 aromatic carbocycles. The lowest BCUT2D eigenvalue weighted by Crippen LogP contribution is -2.46. The Morgan fingerprint density at radius 1 is 1.08 bits per heavy atom. The summed E-state index contributed by atoms with van der Waals surface area (Å²) >= 11 is 0. The lowest BCUT2D eigenvalue weighted by molar-refractivity contribution is -0.384. The highest BCUT2D eigenvalue weighted by atomic mass is 16.6. The van der Waals surface area contributed by atoms with Crippen molar-refractivity contribution >= 4 is 23.7 Å². The van der Waals surface area contributed by atoms with Gasteiger partial charge in [-0.15, -0.1) is 0 Å². The van der Waals surface area contributed by atoms with E-state index in [0.29, 0.717) is 17.7 Å². The number of nitro benzene ring substituents is 1. The molecule has 1 atom stereocenters. The van der Waals surface area contributed by atoms with Gasteiger partial charge in [0.25, 0.3) is 5.69 Å². The fourth-order valence-electron chi connectivity index (χ4n) is 3.72. The highest BCUT2D eigenvalue weighted by molar-refractivity contribution is 5.95. The number of carbonyl (C=O) groups is 3. The molecule has 2 amide bonds. The first-order valence-corrected chi connectivity index (χ1v) is 11.4. The van der Waals surface area contributed by atoms with Crippen LogP contribution in [0.15, 0.2) is 53.7 Å². The van der Waals surface area contributed by atoms with Gasteiger partial charge in [0.1, 0.15) is 0 Å². The smallest absolute Gasteiger partial charge is 0.343 e. The van der Waals surface area contributed by atoms with Crippen LogP contribution in [0.1, 0.15) is 55.1 Å². The molecule has 1 aliphatic rings. The predicted molar refractivity (Wildman–Crippen MR) is 129 cm³/mol. The van der Waals surface area contributed by atoms with Gasteiger partial charge in [-0.05, 0) is 43.5 Å². The minimum Gasteiger partial charge on any atom is -0.493 e. The SMILES string of the molecule is CCCCC1=C(C(=O)OCC)C(c2ccc(OC(=O)c3cccc([N+](=O)[O-])c3)c(OC)c2)NC(=O)N1. The maximum Gasteiger partial charge on any atom is 0.343 e. The van der Waals surface area contributed by atoms with Crippen LogP contribution < -0.4 is 20.1 Å². The molecular weight excluding hydrogens is 470 g/mol. The molecule has 0 spiro atoms. The fraction of sp³-hybridized carbons (Fsp3) is 0.320. The Labute approximate surface area is 207 Å². The maximum absolute atomic E-state index is 12.8. The number of carbonyl (C=O) groups excluding carboxylic acids is 3. The summed E-state index contributed by atoms with van der Waals surface area (Å²) in [5, 5.41) is 16.5. The molecule has 11 heteroatoms. The number of benzene rings is 2. The van der Waals surface area contributed by atoms with E-state index in [9.17, 15) is 24.5 Å². The quantitative estimate of drug-likeness (QED) is 0.215. The summed E-state index contributed by atoms with van der Waals surface area (Å²) in [6.45, 7) is 3.87. The molecular formula is C25H27N3O8. The maximum atomic E-state index is 12.8. The van der Waals surface area contributed by atoms with Gasteiger partial charge in [-0.25, -0.2) is 14.4 Å². The topological polar surface area (TPSA) is 146 Å². The second-order valence-electron chi connectivity index (χ2n) is 7.85. The lowest BCUT2D eigenvalue weighted by Gasteiger charge is -2.29. The van der Waals surface area contributed by atoms with E-state index in [2.05, 4.69) is 10.6 Å². The number of nitrogens with zero attached hydrogens (tertiary/aromatic N) is 1. The van der Waals surface area contributed by atoms with Crippen molar-refractivity contribution in [3.63, 3.8) is 0 Å². The molecule has 0 aromatic heterocycles. The molecule has 0 fully saturated rings. The van der Waals surface area contributed by atoms with Crippen LogP contribution in [0.3, 0.4) is 0 Å². The molecule has 3 rings (SSSR count). The van der Waals surface area contributed by atoms with Crippen LogP contribution in [0.5, 0.6) is 11.5 Å². The third-order valence-electron chi connectivity index (χ3n) is 5.45. The number of rotatable bonds is 10. The number of nitro groups is 1. The summed E-state index contributed by atoms with van der Waals surface area (Å²) in [7, 11) is 1.37. The number of hydrogen-bond acceptors (Lipinski definition) is 8. The van der Waals surface area contributed by atoms with E-state index in [1.807, 2.05) is 6.92 Å². The Balaban J connectivity index is 1.95. The van der Waals surface area contributed by atoms with Crippen molar-refractivity contribution < 1.29 is 33.5 Å². The molecule has 1 aliphatic heterocycles. The molecule has 2 N–H and O–H groups in total. The fourth-order valence-corrected chi connectivity index (χ4v) is 3.72. The summed E-state index contributed by atoms with van der Waals surface area (Å²) in [5.41, 5.74) is 1.03. The number of ether oxygens (including phenoxy) is 3. The van der Waals surface area contributed by atoms with Gasteiger partial charge >= 0.3 is 18.0 Å². The van der Waals surface area contributed by atoms with Crippen molar-refractivity contribution in [1.82, 2.24) is 10.6 Å². The Morgan fingerprint density at radius 2 is 1.86 bits per heavy atom. The van der Waals surface area contributed by atoms with Crippen molar-refractivity contribution in [3.05, 3.63) is 75.0 Å². The summed E-state index contributed by atoms with van der Waals surface area (Å²) in [6, 6.07) is 8.48. The van der Waals surface area contributed by atoms with E-state index < -0.39 is 28.9 Å². The van der Waals surface area contributed by atoms with Gasteiger partial charge in [0.2, 0.25) is 0 Å². The monoisotopic (exact) mass is 497 g/mol. The first-order valence-electron chi connectivity index (χ1n) is 11.4. The predicted octanol–water partition coefficient (Wildman–Crippen LogP) is 4.18. The Hall–Kier alpha value is -4.41. The van der Waals surface area contributed by atoms with Gasteiger partial charge in [-0.1, -0.05) is 25.5 Å². The molecule has 0 saturated heterocycles.